The van der Waals surface area contributed by atoms with Gasteiger partial charge in [-0.2, -0.15) is 5.26 Å². The predicted molar refractivity (Wildman–Crippen MR) is 75.0 cm³/mol. The second-order valence-electron chi connectivity index (χ2n) is 5.98. The zero-order valence-electron chi connectivity index (χ0n) is 11.7. The molecular weight excluding hydrogens is 252 g/mol. The molecule has 2 atom stereocenters. The summed E-state index contributed by atoms with van der Waals surface area (Å²) < 4.78 is 5.60. The van der Waals surface area contributed by atoms with Gasteiger partial charge in [0.05, 0.1) is 31.3 Å². The highest BCUT2D eigenvalue weighted by molar-refractivity contribution is 5.29. The number of piperidine rings is 1. The maximum atomic E-state index is 11.0. The molecule has 1 aromatic rings. The molecule has 4 nitrogen and oxygen atoms in total. The molecule has 4 heteroatoms. The van der Waals surface area contributed by atoms with E-state index in [1.807, 2.05) is 24.3 Å². The van der Waals surface area contributed by atoms with Crippen LogP contribution in [0.4, 0.5) is 0 Å². The monoisotopic (exact) mass is 272 g/mol. The van der Waals surface area contributed by atoms with Crippen molar-refractivity contribution in [3.63, 3.8) is 0 Å². The van der Waals surface area contributed by atoms with E-state index in [0.29, 0.717) is 32.5 Å². The SMILES string of the molecule is CN1C2COCC1CC(O)(c1ccc(CC#N)cc1)C2. The molecule has 2 aliphatic rings. The molecule has 2 fully saturated rings. The highest BCUT2D eigenvalue weighted by Gasteiger charge is 2.45. The van der Waals surface area contributed by atoms with E-state index in [-0.39, 0.29) is 12.1 Å². The fraction of sp³-hybridized carbons (Fsp3) is 0.562. The summed E-state index contributed by atoms with van der Waals surface area (Å²) in [6.07, 6.45) is 1.83. The van der Waals surface area contributed by atoms with E-state index in [9.17, 15) is 5.11 Å². The number of benzene rings is 1. The van der Waals surface area contributed by atoms with E-state index in [0.717, 1.165) is 11.1 Å². The average molecular weight is 272 g/mol. The summed E-state index contributed by atoms with van der Waals surface area (Å²) in [7, 11) is 2.12. The van der Waals surface area contributed by atoms with Crippen molar-refractivity contribution < 1.29 is 9.84 Å². The van der Waals surface area contributed by atoms with Gasteiger partial charge in [-0.3, -0.25) is 4.90 Å². The van der Waals surface area contributed by atoms with Crippen molar-refractivity contribution in [3.05, 3.63) is 35.4 Å². The Balaban J connectivity index is 1.83. The van der Waals surface area contributed by atoms with Crippen LogP contribution >= 0.6 is 0 Å². The Hall–Kier alpha value is -1.41. The first kappa shape index (κ1) is 13.6. The molecule has 3 rings (SSSR count). The Kier molecular flexibility index (Phi) is 3.51. The van der Waals surface area contributed by atoms with Gasteiger partial charge in [-0.15, -0.1) is 0 Å². The number of nitrogens with zero attached hydrogens (tertiary/aromatic N) is 2. The van der Waals surface area contributed by atoms with Crippen LogP contribution in [-0.2, 0) is 16.8 Å². The third-order valence-corrected chi connectivity index (χ3v) is 4.69. The molecule has 0 aliphatic carbocycles. The van der Waals surface area contributed by atoms with Crippen molar-refractivity contribution in [1.29, 1.82) is 5.26 Å². The van der Waals surface area contributed by atoms with E-state index in [4.69, 9.17) is 10.00 Å². The lowest BCUT2D eigenvalue weighted by Crippen LogP contribution is -2.59. The lowest BCUT2D eigenvalue weighted by molar-refractivity contribution is -0.137. The van der Waals surface area contributed by atoms with Crippen molar-refractivity contribution in [2.75, 3.05) is 20.3 Å². The maximum absolute atomic E-state index is 11.0. The van der Waals surface area contributed by atoms with Crippen molar-refractivity contribution >= 4 is 0 Å². The quantitative estimate of drug-likeness (QED) is 0.885. The van der Waals surface area contributed by atoms with Crippen molar-refractivity contribution in [3.8, 4) is 6.07 Å². The lowest BCUT2D eigenvalue weighted by Gasteiger charge is -2.50. The summed E-state index contributed by atoms with van der Waals surface area (Å²) in [4.78, 5) is 2.34. The van der Waals surface area contributed by atoms with Gasteiger partial charge >= 0.3 is 0 Å². The van der Waals surface area contributed by atoms with Gasteiger partial charge in [0, 0.05) is 12.1 Å². The van der Waals surface area contributed by atoms with Gasteiger partial charge in [-0.05, 0) is 31.0 Å². The van der Waals surface area contributed by atoms with Crippen LogP contribution in [0.5, 0.6) is 0 Å². The molecule has 2 unspecified atom stereocenters. The second kappa shape index (κ2) is 5.17. The Bertz CT molecular complexity index is 506. The summed E-state index contributed by atoms with van der Waals surface area (Å²) in [6.45, 7) is 1.39. The van der Waals surface area contributed by atoms with Crippen LogP contribution in [0.2, 0.25) is 0 Å². The zero-order valence-corrected chi connectivity index (χ0v) is 11.7. The smallest absolute Gasteiger partial charge is 0.0928 e. The molecule has 2 heterocycles. The highest BCUT2D eigenvalue weighted by atomic mass is 16.5. The first-order chi connectivity index (χ1) is 9.62. The Morgan fingerprint density at radius 2 is 1.90 bits per heavy atom. The number of rotatable bonds is 2. The molecule has 2 saturated heterocycles. The minimum Gasteiger partial charge on any atom is -0.385 e. The zero-order chi connectivity index (χ0) is 14.2. The molecule has 1 N–H and O–H groups in total. The Labute approximate surface area is 119 Å². The number of ether oxygens (including phenoxy) is 1. The first-order valence-electron chi connectivity index (χ1n) is 7.11. The normalized spacial score (nSPS) is 33.6. The van der Waals surface area contributed by atoms with Gasteiger partial charge in [0.15, 0.2) is 0 Å². The van der Waals surface area contributed by atoms with Crippen molar-refractivity contribution in [2.24, 2.45) is 0 Å². The van der Waals surface area contributed by atoms with Gasteiger partial charge in [-0.25, -0.2) is 0 Å². The third-order valence-electron chi connectivity index (χ3n) is 4.69. The number of aliphatic hydroxyl groups is 1. The third kappa shape index (κ3) is 2.33. The van der Waals surface area contributed by atoms with E-state index in [1.165, 1.54) is 0 Å². The highest BCUT2D eigenvalue weighted by Crippen LogP contribution is 2.40. The predicted octanol–water partition coefficient (Wildman–Crippen LogP) is 1.43. The number of hydrogen-bond acceptors (Lipinski definition) is 4. The minimum atomic E-state index is -0.767. The minimum absolute atomic E-state index is 0.284. The molecule has 20 heavy (non-hydrogen) atoms. The summed E-state index contributed by atoms with van der Waals surface area (Å²) in [5.41, 5.74) is 1.19. The summed E-state index contributed by atoms with van der Waals surface area (Å²) in [6, 6.07) is 10.5. The van der Waals surface area contributed by atoms with Gasteiger partial charge in [0.2, 0.25) is 0 Å². The molecular formula is C16H20N2O2. The molecule has 0 radical (unpaired) electrons. The molecule has 0 spiro atoms. The van der Waals surface area contributed by atoms with Crippen molar-refractivity contribution in [1.82, 2.24) is 4.90 Å². The van der Waals surface area contributed by atoms with E-state index >= 15 is 0 Å². The molecule has 0 amide bonds. The van der Waals surface area contributed by atoms with Crippen LogP contribution in [-0.4, -0.2) is 42.4 Å². The largest absolute Gasteiger partial charge is 0.385 e. The maximum Gasteiger partial charge on any atom is 0.0928 e. The second-order valence-corrected chi connectivity index (χ2v) is 5.98. The number of morpholine rings is 1. The van der Waals surface area contributed by atoms with Crippen molar-refractivity contribution in [2.45, 2.75) is 36.9 Å². The molecule has 2 aliphatic heterocycles. The van der Waals surface area contributed by atoms with Crippen LogP contribution in [0.25, 0.3) is 0 Å². The molecule has 2 bridgehead atoms. The summed E-state index contributed by atoms with van der Waals surface area (Å²) in [5, 5.41) is 19.7. The van der Waals surface area contributed by atoms with Crippen LogP contribution < -0.4 is 0 Å². The molecule has 106 valence electrons. The summed E-state index contributed by atoms with van der Waals surface area (Å²) >= 11 is 0. The van der Waals surface area contributed by atoms with Gasteiger partial charge in [-0.1, -0.05) is 24.3 Å². The van der Waals surface area contributed by atoms with Crippen LogP contribution in [0.15, 0.2) is 24.3 Å². The standard InChI is InChI=1S/C16H20N2O2/c1-18-14-8-16(19,9-15(18)11-20-10-14)13-4-2-12(3-5-13)6-7-17/h2-5,14-15,19H,6,8-11H2,1H3. The fourth-order valence-electron chi connectivity index (χ4n) is 3.40. The number of fused-ring (bicyclic) bond motifs is 2. The van der Waals surface area contributed by atoms with Crippen LogP contribution in [0, 0.1) is 11.3 Å². The lowest BCUT2D eigenvalue weighted by atomic mass is 9.77. The van der Waals surface area contributed by atoms with Gasteiger partial charge in [0.25, 0.3) is 0 Å². The molecule has 0 aromatic heterocycles. The first-order valence-corrected chi connectivity index (χ1v) is 7.11. The number of likely N-dealkylation sites (N-methyl/N-ethyl adjacent to an activating group) is 1. The average Bonchev–Trinajstić information content (AvgIpc) is 2.42. The van der Waals surface area contributed by atoms with E-state index in [2.05, 4.69) is 18.0 Å². The topological polar surface area (TPSA) is 56.5 Å². The van der Waals surface area contributed by atoms with E-state index in [1.54, 1.807) is 0 Å². The van der Waals surface area contributed by atoms with Gasteiger partial charge in [0.1, 0.15) is 0 Å². The molecule has 1 aromatic carbocycles. The fourth-order valence-corrected chi connectivity index (χ4v) is 3.40. The van der Waals surface area contributed by atoms with Crippen LogP contribution in [0.3, 0.4) is 0 Å². The summed E-state index contributed by atoms with van der Waals surface area (Å²) in [5.74, 6) is 0. The Morgan fingerprint density at radius 1 is 1.30 bits per heavy atom. The van der Waals surface area contributed by atoms with Gasteiger partial charge < -0.3 is 9.84 Å². The van der Waals surface area contributed by atoms with Crippen LogP contribution in [0.1, 0.15) is 24.0 Å². The molecule has 0 saturated carbocycles. The number of nitriles is 1. The Morgan fingerprint density at radius 3 is 2.45 bits per heavy atom. The number of hydrogen-bond donors (Lipinski definition) is 1. The van der Waals surface area contributed by atoms with E-state index < -0.39 is 5.60 Å².